The standard InChI is InChI=1S/C15H22BrNO2/c1-4-5-10(2)15(19)17-11(3)14(18)12-6-8-13(16)9-7-12/h6-11,14,18H,4-5H2,1-3H3,(H,17,19). The zero-order valence-corrected chi connectivity index (χ0v) is 13.3. The fourth-order valence-electron chi connectivity index (χ4n) is 1.96. The van der Waals surface area contributed by atoms with Gasteiger partial charge in [-0.05, 0) is 31.0 Å². The third-order valence-corrected chi connectivity index (χ3v) is 3.75. The fraction of sp³-hybridized carbons (Fsp3) is 0.533. The molecule has 0 aromatic heterocycles. The maximum absolute atomic E-state index is 11.9. The van der Waals surface area contributed by atoms with E-state index in [1.807, 2.05) is 38.1 Å². The van der Waals surface area contributed by atoms with Gasteiger partial charge < -0.3 is 10.4 Å². The van der Waals surface area contributed by atoms with E-state index < -0.39 is 6.10 Å². The highest BCUT2D eigenvalue weighted by atomic mass is 79.9. The van der Waals surface area contributed by atoms with E-state index in [1.165, 1.54) is 0 Å². The fourth-order valence-corrected chi connectivity index (χ4v) is 2.22. The van der Waals surface area contributed by atoms with E-state index in [-0.39, 0.29) is 17.9 Å². The lowest BCUT2D eigenvalue weighted by molar-refractivity contribution is -0.126. The van der Waals surface area contributed by atoms with Crippen molar-refractivity contribution in [1.29, 1.82) is 0 Å². The Hall–Kier alpha value is -0.870. The first-order chi connectivity index (χ1) is 8.95. The van der Waals surface area contributed by atoms with Crippen LogP contribution in [0.2, 0.25) is 0 Å². The number of carbonyl (C=O) groups is 1. The van der Waals surface area contributed by atoms with Gasteiger partial charge in [-0.3, -0.25) is 4.79 Å². The zero-order valence-electron chi connectivity index (χ0n) is 11.7. The summed E-state index contributed by atoms with van der Waals surface area (Å²) in [6.45, 7) is 5.80. The van der Waals surface area contributed by atoms with Crippen molar-refractivity contribution in [2.24, 2.45) is 5.92 Å². The lowest BCUT2D eigenvalue weighted by Gasteiger charge is -2.22. The summed E-state index contributed by atoms with van der Waals surface area (Å²) in [4.78, 5) is 11.9. The van der Waals surface area contributed by atoms with Gasteiger partial charge in [-0.2, -0.15) is 0 Å². The number of amides is 1. The molecule has 0 saturated carbocycles. The van der Waals surface area contributed by atoms with Crippen molar-refractivity contribution in [3.05, 3.63) is 34.3 Å². The number of aliphatic hydroxyl groups is 1. The molecule has 0 saturated heterocycles. The second kappa shape index (κ2) is 7.65. The van der Waals surface area contributed by atoms with Gasteiger partial charge in [0.1, 0.15) is 0 Å². The Balaban J connectivity index is 2.59. The van der Waals surface area contributed by atoms with Crippen LogP contribution in [-0.2, 0) is 4.79 Å². The summed E-state index contributed by atoms with van der Waals surface area (Å²) in [5.74, 6) is -0.00456. The molecule has 0 aliphatic carbocycles. The van der Waals surface area contributed by atoms with Crippen molar-refractivity contribution in [3.8, 4) is 0 Å². The minimum absolute atomic E-state index is 0.00510. The van der Waals surface area contributed by atoms with Gasteiger partial charge in [-0.25, -0.2) is 0 Å². The SMILES string of the molecule is CCCC(C)C(=O)NC(C)C(O)c1ccc(Br)cc1. The van der Waals surface area contributed by atoms with Crippen LogP contribution in [0.25, 0.3) is 0 Å². The molecular formula is C15H22BrNO2. The van der Waals surface area contributed by atoms with E-state index in [4.69, 9.17) is 0 Å². The summed E-state index contributed by atoms with van der Waals surface area (Å²) in [5, 5.41) is 13.1. The van der Waals surface area contributed by atoms with Crippen LogP contribution in [0.3, 0.4) is 0 Å². The van der Waals surface area contributed by atoms with Gasteiger partial charge in [-0.15, -0.1) is 0 Å². The molecule has 2 N–H and O–H groups in total. The average molecular weight is 328 g/mol. The maximum Gasteiger partial charge on any atom is 0.223 e. The Kier molecular flexibility index (Phi) is 6.52. The molecular weight excluding hydrogens is 306 g/mol. The molecule has 3 atom stereocenters. The summed E-state index contributed by atoms with van der Waals surface area (Å²) < 4.78 is 0.969. The minimum atomic E-state index is -0.689. The highest BCUT2D eigenvalue weighted by Gasteiger charge is 2.20. The van der Waals surface area contributed by atoms with Crippen molar-refractivity contribution in [3.63, 3.8) is 0 Å². The predicted molar refractivity (Wildman–Crippen MR) is 80.8 cm³/mol. The van der Waals surface area contributed by atoms with Crippen LogP contribution in [0, 0.1) is 5.92 Å². The largest absolute Gasteiger partial charge is 0.386 e. The number of nitrogens with one attached hydrogen (secondary N) is 1. The van der Waals surface area contributed by atoms with Gasteiger partial charge >= 0.3 is 0 Å². The number of rotatable bonds is 6. The van der Waals surface area contributed by atoms with Gasteiger partial charge in [-0.1, -0.05) is 48.3 Å². The van der Waals surface area contributed by atoms with E-state index in [2.05, 4.69) is 28.2 Å². The van der Waals surface area contributed by atoms with Gasteiger partial charge in [0.2, 0.25) is 5.91 Å². The van der Waals surface area contributed by atoms with Crippen LogP contribution in [-0.4, -0.2) is 17.1 Å². The van der Waals surface area contributed by atoms with E-state index in [0.29, 0.717) is 0 Å². The normalized spacial score (nSPS) is 15.6. The Morgan fingerprint density at radius 2 is 1.89 bits per heavy atom. The Morgan fingerprint density at radius 1 is 1.32 bits per heavy atom. The number of hydrogen-bond donors (Lipinski definition) is 2. The molecule has 0 aliphatic heterocycles. The second-order valence-corrected chi connectivity index (χ2v) is 5.90. The highest BCUT2D eigenvalue weighted by Crippen LogP contribution is 2.20. The molecule has 0 radical (unpaired) electrons. The summed E-state index contributed by atoms with van der Waals surface area (Å²) in [6, 6.07) is 7.17. The van der Waals surface area contributed by atoms with Crippen molar-refractivity contribution < 1.29 is 9.90 Å². The van der Waals surface area contributed by atoms with Gasteiger partial charge in [0, 0.05) is 10.4 Å². The molecule has 0 fully saturated rings. The summed E-state index contributed by atoms with van der Waals surface area (Å²) in [5.41, 5.74) is 0.805. The van der Waals surface area contributed by atoms with Crippen molar-refractivity contribution >= 4 is 21.8 Å². The smallest absolute Gasteiger partial charge is 0.223 e. The molecule has 1 aromatic carbocycles. The first-order valence-corrected chi connectivity index (χ1v) is 7.49. The molecule has 1 aromatic rings. The molecule has 0 aliphatic rings. The van der Waals surface area contributed by atoms with Crippen molar-refractivity contribution in [2.45, 2.75) is 45.8 Å². The van der Waals surface area contributed by atoms with Crippen LogP contribution in [0.4, 0.5) is 0 Å². The maximum atomic E-state index is 11.9. The monoisotopic (exact) mass is 327 g/mol. The zero-order chi connectivity index (χ0) is 14.4. The number of benzene rings is 1. The molecule has 0 heterocycles. The molecule has 1 rings (SSSR count). The first-order valence-electron chi connectivity index (χ1n) is 6.69. The van der Waals surface area contributed by atoms with Crippen LogP contribution in [0.1, 0.15) is 45.3 Å². The number of aliphatic hydroxyl groups excluding tert-OH is 1. The molecule has 106 valence electrons. The Bertz CT molecular complexity index is 405. The van der Waals surface area contributed by atoms with Crippen LogP contribution in [0.5, 0.6) is 0 Å². The van der Waals surface area contributed by atoms with Gasteiger partial charge in [0.15, 0.2) is 0 Å². The average Bonchev–Trinajstić information content (AvgIpc) is 2.38. The lowest BCUT2D eigenvalue weighted by atomic mass is 10.0. The molecule has 3 nitrogen and oxygen atoms in total. The predicted octanol–water partition coefficient (Wildman–Crippen LogP) is 3.42. The third kappa shape index (κ3) is 4.96. The number of halogens is 1. The van der Waals surface area contributed by atoms with Gasteiger partial charge in [0.05, 0.1) is 12.1 Å². The molecule has 19 heavy (non-hydrogen) atoms. The summed E-state index contributed by atoms with van der Waals surface area (Å²) >= 11 is 3.36. The van der Waals surface area contributed by atoms with E-state index in [9.17, 15) is 9.90 Å². The molecule has 0 bridgehead atoms. The number of carbonyl (C=O) groups excluding carboxylic acids is 1. The Morgan fingerprint density at radius 3 is 2.42 bits per heavy atom. The van der Waals surface area contributed by atoms with Crippen LogP contribution in [0.15, 0.2) is 28.7 Å². The molecule has 3 unspecified atom stereocenters. The minimum Gasteiger partial charge on any atom is -0.386 e. The van der Waals surface area contributed by atoms with E-state index >= 15 is 0 Å². The third-order valence-electron chi connectivity index (χ3n) is 3.22. The number of hydrogen-bond acceptors (Lipinski definition) is 2. The highest BCUT2D eigenvalue weighted by molar-refractivity contribution is 9.10. The lowest BCUT2D eigenvalue weighted by Crippen LogP contribution is -2.39. The van der Waals surface area contributed by atoms with E-state index in [1.54, 1.807) is 0 Å². The first kappa shape index (κ1) is 16.2. The summed E-state index contributed by atoms with van der Waals surface area (Å²) in [6.07, 6.45) is 1.16. The molecule has 1 amide bonds. The van der Waals surface area contributed by atoms with Crippen LogP contribution >= 0.6 is 15.9 Å². The van der Waals surface area contributed by atoms with Crippen molar-refractivity contribution in [1.82, 2.24) is 5.32 Å². The summed E-state index contributed by atoms with van der Waals surface area (Å²) in [7, 11) is 0. The Labute approximate surface area is 123 Å². The molecule has 4 heteroatoms. The van der Waals surface area contributed by atoms with Crippen LogP contribution < -0.4 is 5.32 Å². The topological polar surface area (TPSA) is 49.3 Å². The molecule has 0 spiro atoms. The second-order valence-electron chi connectivity index (χ2n) is 4.98. The van der Waals surface area contributed by atoms with Gasteiger partial charge in [0.25, 0.3) is 0 Å². The van der Waals surface area contributed by atoms with Crippen molar-refractivity contribution in [2.75, 3.05) is 0 Å². The quantitative estimate of drug-likeness (QED) is 0.841. The van der Waals surface area contributed by atoms with E-state index in [0.717, 1.165) is 22.9 Å².